The summed E-state index contributed by atoms with van der Waals surface area (Å²) in [6.45, 7) is 2.98. The number of aromatic carboxylic acids is 1. The zero-order chi connectivity index (χ0) is 19.2. The molecule has 0 aliphatic carbocycles. The van der Waals surface area contributed by atoms with E-state index in [9.17, 15) is 4.79 Å². The molecule has 0 atom stereocenters. The van der Waals surface area contributed by atoms with Gasteiger partial charge < -0.3 is 15.2 Å². The molecule has 3 aromatic carbocycles. The summed E-state index contributed by atoms with van der Waals surface area (Å²) in [6.07, 6.45) is 0. The molecule has 0 radical (unpaired) electrons. The van der Waals surface area contributed by atoms with Crippen molar-refractivity contribution in [3.63, 3.8) is 0 Å². The molecule has 138 valence electrons. The largest absolute Gasteiger partial charge is 0.489 e. The maximum atomic E-state index is 11.0. The molecule has 4 nitrogen and oxygen atoms in total. The summed E-state index contributed by atoms with van der Waals surface area (Å²) < 4.78 is 5.85. The fourth-order valence-electron chi connectivity index (χ4n) is 2.68. The van der Waals surface area contributed by atoms with Gasteiger partial charge in [-0.15, -0.1) is 0 Å². The van der Waals surface area contributed by atoms with Crippen molar-refractivity contribution in [2.75, 3.05) is 5.32 Å². The minimum Gasteiger partial charge on any atom is -0.489 e. The number of hydrogen-bond acceptors (Lipinski definition) is 3. The number of anilines is 1. The van der Waals surface area contributed by atoms with Crippen LogP contribution in [0.15, 0.2) is 66.7 Å². The average Bonchev–Trinajstić information content (AvgIpc) is 2.67. The molecule has 2 N–H and O–H groups in total. The predicted octanol–water partition coefficient (Wildman–Crippen LogP) is 5.54. The number of benzene rings is 3. The van der Waals surface area contributed by atoms with Crippen LogP contribution >= 0.6 is 11.6 Å². The third-order valence-electron chi connectivity index (χ3n) is 4.17. The molecule has 0 aliphatic rings. The smallest absolute Gasteiger partial charge is 0.335 e. The van der Waals surface area contributed by atoms with Crippen molar-refractivity contribution in [1.82, 2.24) is 0 Å². The molecule has 0 unspecified atom stereocenters. The summed E-state index contributed by atoms with van der Waals surface area (Å²) in [6, 6.07) is 20.5. The van der Waals surface area contributed by atoms with E-state index in [0.717, 1.165) is 28.1 Å². The third-order valence-corrected chi connectivity index (χ3v) is 4.43. The van der Waals surface area contributed by atoms with Crippen molar-refractivity contribution in [2.24, 2.45) is 0 Å². The van der Waals surface area contributed by atoms with Gasteiger partial charge in [0.15, 0.2) is 0 Å². The van der Waals surface area contributed by atoms with E-state index in [1.54, 1.807) is 18.2 Å². The standard InChI is InChI=1S/C22H20ClNO3/c1-15-11-18(22(25)26)7-10-21(15)24-13-17-3-2-4-20(12-17)27-14-16-5-8-19(23)9-6-16/h2-12,24H,13-14H2,1H3,(H,25,26). The molecule has 0 aliphatic heterocycles. The van der Waals surface area contributed by atoms with E-state index in [1.165, 1.54) is 0 Å². The number of ether oxygens (including phenoxy) is 1. The summed E-state index contributed by atoms with van der Waals surface area (Å²) in [5.41, 5.74) is 4.22. The fourth-order valence-corrected chi connectivity index (χ4v) is 2.81. The van der Waals surface area contributed by atoms with Gasteiger partial charge in [0, 0.05) is 17.3 Å². The van der Waals surface area contributed by atoms with E-state index in [2.05, 4.69) is 5.32 Å². The SMILES string of the molecule is Cc1cc(C(=O)O)ccc1NCc1cccc(OCc2ccc(Cl)cc2)c1. The number of carboxylic acid groups (broad SMARTS) is 1. The first-order valence-corrected chi connectivity index (χ1v) is 8.93. The Labute approximate surface area is 163 Å². The number of aryl methyl sites for hydroxylation is 1. The van der Waals surface area contributed by atoms with Gasteiger partial charge in [-0.25, -0.2) is 4.79 Å². The highest BCUT2D eigenvalue weighted by Gasteiger charge is 2.06. The highest BCUT2D eigenvalue weighted by Crippen LogP contribution is 2.20. The molecule has 0 saturated carbocycles. The predicted molar refractivity (Wildman–Crippen MR) is 108 cm³/mol. The Kier molecular flexibility index (Phi) is 5.99. The molecule has 3 aromatic rings. The van der Waals surface area contributed by atoms with Crippen LogP contribution < -0.4 is 10.1 Å². The van der Waals surface area contributed by atoms with Crippen LogP contribution in [0.5, 0.6) is 5.75 Å². The Bertz CT molecular complexity index is 939. The zero-order valence-corrected chi connectivity index (χ0v) is 15.7. The molecule has 0 heterocycles. The molecule has 0 saturated heterocycles. The Balaban J connectivity index is 1.60. The van der Waals surface area contributed by atoms with Crippen LogP contribution in [0.3, 0.4) is 0 Å². The second kappa shape index (κ2) is 8.60. The molecule has 0 spiro atoms. The van der Waals surface area contributed by atoms with Crippen LogP contribution in [-0.4, -0.2) is 11.1 Å². The second-order valence-electron chi connectivity index (χ2n) is 6.25. The monoisotopic (exact) mass is 381 g/mol. The molecule has 0 fully saturated rings. The van der Waals surface area contributed by atoms with Crippen LogP contribution in [-0.2, 0) is 13.2 Å². The highest BCUT2D eigenvalue weighted by molar-refractivity contribution is 6.30. The minimum atomic E-state index is -0.921. The Morgan fingerprint density at radius 1 is 1.04 bits per heavy atom. The highest BCUT2D eigenvalue weighted by atomic mass is 35.5. The average molecular weight is 382 g/mol. The van der Waals surface area contributed by atoms with E-state index in [-0.39, 0.29) is 5.56 Å². The molecule has 0 bridgehead atoms. The maximum Gasteiger partial charge on any atom is 0.335 e. The Morgan fingerprint density at radius 3 is 2.52 bits per heavy atom. The Hall–Kier alpha value is -2.98. The van der Waals surface area contributed by atoms with E-state index >= 15 is 0 Å². The third kappa shape index (κ3) is 5.25. The van der Waals surface area contributed by atoms with E-state index < -0.39 is 5.97 Å². The summed E-state index contributed by atoms with van der Waals surface area (Å²) in [5.74, 6) is -0.127. The number of halogens is 1. The molecule has 5 heteroatoms. The lowest BCUT2D eigenvalue weighted by Gasteiger charge is -2.12. The van der Waals surface area contributed by atoms with Crippen molar-refractivity contribution in [3.05, 3.63) is 94.0 Å². The van der Waals surface area contributed by atoms with Gasteiger partial charge in [0.25, 0.3) is 0 Å². The van der Waals surface area contributed by atoms with Crippen molar-refractivity contribution in [1.29, 1.82) is 0 Å². The van der Waals surface area contributed by atoms with Crippen molar-refractivity contribution in [2.45, 2.75) is 20.1 Å². The van der Waals surface area contributed by atoms with Crippen LogP contribution in [0.2, 0.25) is 5.02 Å². The van der Waals surface area contributed by atoms with Gasteiger partial charge in [0.2, 0.25) is 0 Å². The summed E-state index contributed by atoms with van der Waals surface area (Å²) in [4.78, 5) is 11.0. The van der Waals surface area contributed by atoms with Crippen LogP contribution in [0.1, 0.15) is 27.0 Å². The number of nitrogens with one attached hydrogen (secondary N) is 1. The summed E-state index contributed by atoms with van der Waals surface area (Å²) in [5, 5.41) is 13.1. The van der Waals surface area contributed by atoms with Crippen LogP contribution in [0.4, 0.5) is 5.69 Å². The van der Waals surface area contributed by atoms with Gasteiger partial charge in [0.05, 0.1) is 5.56 Å². The lowest BCUT2D eigenvalue weighted by atomic mass is 10.1. The minimum absolute atomic E-state index is 0.288. The van der Waals surface area contributed by atoms with E-state index in [1.807, 2.05) is 55.5 Å². The van der Waals surface area contributed by atoms with Crippen molar-refractivity contribution in [3.8, 4) is 5.75 Å². The molecule has 0 amide bonds. The van der Waals surface area contributed by atoms with Crippen LogP contribution in [0, 0.1) is 6.92 Å². The van der Waals surface area contributed by atoms with Gasteiger partial charge in [-0.3, -0.25) is 0 Å². The van der Waals surface area contributed by atoms with Crippen molar-refractivity contribution >= 4 is 23.3 Å². The number of carbonyl (C=O) groups is 1. The molecule has 0 aromatic heterocycles. The lowest BCUT2D eigenvalue weighted by Crippen LogP contribution is -2.03. The van der Waals surface area contributed by atoms with Gasteiger partial charge >= 0.3 is 5.97 Å². The fraction of sp³-hybridized carbons (Fsp3) is 0.136. The zero-order valence-electron chi connectivity index (χ0n) is 14.9. The molecular formula is C22H20ClNO3. The maximum absolute atomic E-state index is 11.0. The van der Waals surface area contributed by atoms with Crippen molar-refractivity contribution < 1.29 is 14.6 Å². The second-order valence-corrected chi connectivity index (χ2v) is 6.69. The van der Waals surface area contributed by atoms with Gasteiger partial charge in [-0.1, -0.05) is 35.9 Å². The van der Waals surface area contributed by atoms with Gasteiger partial charge in [-0.05, 0) is 66.1 Å². The topological polar surface area (TPSA) is 58.6 Å². The first-order chi connectivity index (χ1) is 13.0. The number of carboxylic acids is 1. The Morgan fingerprint density at radius 2 is 1.81 bits per heavy atom. The van der Waals surface area contributed by atoms with Crippen LogP contribution in [0.25, 0.3) is 0 Å². The summed E-state index contributed by atoms with van der Waals surface area (Å²) in [7, 11) is 0. The van der Waals surface area contributed by atoms with E-state index in [0.29, 0.717) is 18.2 Å². The van der Waals surface area contributed by atoms with Gasteiger partial charge in [-0.2, -0.15) is 0 Å². The number of hydrogen-bond donors (Lipinski definition) is 2. The molecule has 3 rings (SSSR count). The first-order valence-electron chi connectivity index (χ1n) is 8.55. The number of rotatable bonds is 7. The quantitative estimate of drug-likeness (QED) is 0.564. The molecule has 27 heavy (non-hydrogen) atoms. The first kappa shape index (κ1) is 18.8. The lowest BCUT2D eigenvalue weighted by molar-refractivity contribution is 0.0697. The summed E-state index contributed by atoms with van der Waals surface area (Å²) >= 11 is 5.89. The van der Waals surface area contributed by atoms with E-state index in [4.69, 9.17) is 21.4 Å². The molecular weight excluding hydrogens is 362 g/mol. The normalized spacial score (nSPS) is 10.4. The van der Waals surface area contributed by atoms with Gasteiger partial charge in [0.1, 0.15) is 12.4 Å².